The van der Waals surface area contributed by atoms with E-state index < -0.39 is 125 Å². The number of nitrogens with one attached hydrogen (secondary N) is 3. The van der Waals surface area contributed by atoms with Crippen LogP contribution >= 0.6 is 11.6 Å². The number of aromatic amines is 2. The van der Waals surface area contributed by atoms with Crippen molar-refractivity contribution in [1.82, 2.24) is 15.3 Å². The normalized spacial score (nSPS) is 43.2. The van der Waals surface area contributed by atoms with Crippen LogP contribution in [-0.4, -0.2) is 139 Å². The maximum atomic E-state index is 15.1. The van der Waals surface area contributed by atoms with Gasteiger partial charge in [-0.2, -0.15) is 0 Å². The first kappa shape index (κ1) is 57.2. The number of Topliss-reactive ketones (excluding diaryl/α,β-unsaturated/α-hetero) is 1. The number of fused-ring (bicyclic) bond motifs is 7. The zero-order chi connectivity index (χ0) is 57.1. The van der Waals surface area contributed by atoms with Crippen molar-refractivity contribution in [2.24, 2.45) is 46.2 Å². The minimum absolute atomic E-state index is 0.0475. The minimum Gasteiger partial charge on any atom is -0.511 e. The van der Waals surface area contributed by atoms with E-state index in [-0.39, 0.29) is 78.6 Å². The number of carboxylic acids is 1. The molecule has 20 heteroatoms. The van der Waals surface area contributed by atoms with Crippen molar-refractivity contribution in [2.45, 2.75) is 211 Å². The van der Waals surface area contributed by atoms with Crippen molar-refractivity contribution < 1.29 is 72.8 Å². The molecule has 1 saturated carbocycles. The fraction of sp³-hybridized carbons (Fsp3) is 0.667. The monoisotopic (exact) mass is 1130 g/mol. The molecule has 9 N–H and O–H groups in total. The number of H-pyrrole nitrogens is 2. The molecule has 4 saturated heterocycles. The number of halogens is 1. The number of carbonyl (C=O) groups excluding carboxylic acids is 3. The van der Waals surface area contributed by atoms with Crippen LogP contribution in [0.2, 0.25) is 5.02 Å². The van der Waals surface area contributed by atoms with Gasteiger partial charge in [-0.05, 0) is 114 Å². The van der Waals surface area contributed by atoms with Gasteiger partial charge in [0.2, 0.25) is 0 Å². The Hall–Kier alpha value is -4.67. The van der Waals surface area contributed by atoms with Crippen molar-refractivity contribution in [1.29, 1.82) is 0 Å². The van der Waals surface area contributed by atoms with E-state index in [4.69, 9.17) is 50.5 Å². The van der Waals surface area contributed by atoms with Crippen molar-refractivity contribution >= 4 is 57.2 Å². The summed E-state index contributed by atoms with van der Waals surface area (Å²) in [5, 5.41) is 52.4. The summed E-state index contributed by atoms with van der Waals surface area (Å²) >= 11 is 6.26. The number of aliphatic hydroxyl groups is 3. The highest BCUT2D eigenvalue weighted by Crippen LogP contribution is 2.60. The van der Waals surface area contributed by atoms with Crippen LogP contribution in [0.25, 0.3) is 21.9 Å². The number of ether oxygens (including phenoxy) is 7. The van der Waals surface area contributed by atoms with Crippen LogP contribution in [0.4, 0.5) is 0 Å². The number of carboxylic acid groups (broad SMARTS) is 1. The number of carbonyl (C=O) groups is 4. The van der Waals surface area contributed by atoms with Gasteiger partial charge in [-0.1, -0.05) is 70.4 Å². The maximum Gasteiger partial charge on any atom is 0.355 e. The summed E-state index contributed by atoms with van der Waals surface area (Å²) in [6.07, 6.45) is 3.26. The summed E-state index contributed by atoms with van der Waals surface area (Å²) in [6.45, 7) is 14.6. The van der Waals surface area contributed by atoms with Crippen molar-refractivity contribution in [3.63, 3.8) is 0 Å². The number of hydrogen-bond acceptors (Lipinski definition) is 15. The van der Waals surface area contributed by atoms with Crippen LogP contribution in [0, 0.1) is 40.4 Å². The molecular formula is C60H79ClN4O15. The van der Waals surface area contributed by atoms with Gasteiger partial charge in [0, 0.05) is 62.9 Å². The summed E-state index contributed by atoms with van der Waals surface area (Å²) in [5.41, 5.74) is 2.97. The molecule has 8 aliphatic rings. The average molecular weight is 1130 g/mol. The summed E-state index contributed by atoms with van der Waals surface area (Å²) in [6, 6.07) is 6.58. The molecule has 3 aromatic rings. The van der Waals surface area contributed by atoms with Crippen molar-refractivity contribution in [3.05, 3.63) is 70.1 Å². The Bertz CT molecular complexity index is 3020. The molecule has 19 nitrogen and oxygen atoms in total. The van der Waals surface area contributed by atoms with Gasteiger partial charge in [-0.15, -0.1) is 0 Å². The van der Waals surface area contributed by atoms with E-state index in [0.29, 0.717) is 42.8 Å². The average Bonchev–Trinajstić information content (AvgIpc) is 4.25. The predicted octanol–water partition coefficient (Wildman–Crippen LogP) is 7.95. The molecule has 5 fully saturated rings. The predicted molar refractivity (Wildman–Crippen MR) is 293 cm³/mol. The lowest BCUT2D eigenvalue weighted by atomic mass is 9.53. The second-order valence-electron chi connectivity index (χ2n) is 25.3. The summed E-state index contributed by atoms with van der Waals surface area (Å²) in [5.74, 6) is -4.98. The Balaban J connectivity index is 0.728. The largest absolute Gasteiger partial charge is 0.511 e. The van der Waals surface area contributed by atoms with E-state index in [1.54, 1.807) is 52.8 Å². The molecule has 4 aliphatic heterocycles. The number of aliphatic hydroxyl groups excluding tert-OH is 2. The summed E-state index contributed by atoms with van der Waals surface area (Å²) < 4.78 is 45.0. The zero-order valence-electron chi connectivity index (χ0n) is 46.9. The third-order valence-electron chi connectivity index (χ3n) is 20.1. The molecule has 80 heavy (non-hydrogen) atoms. The molecule has 436 valence electrons. The number of benzene rings is 1. The number of esters is 1. The van der Waals surface area contributed by atoms with Crippen LogP contribution in [-0.2, 0) is 47.5 Å². The Labute approximate surface area is 470 Å². The molecule has 0 radical (unpaired) electrons. The zero-order valence-corrected chi connectivity index (χ0v) is 47.6. The number of amides is 1. The minimum atomic E-state index is -1.51. The third kappa shape index (κ3) is 9.75. The van der Waals surface area contributed by atoms with Crippen LogP contribution in [0.3, 0.4) is 0 Å². The van der Waals surface area contributed by atoms with Gasteiger partial charge in [0.05, 0.1) is 48.3 Å². The number of rotatable bonds is 10. The molecule has 4 aliphatic carbocycles. The van der Waals surface area contributed by atoms with E-state index in [9.17, 15) is 34.8 Å². The topological polar surface area (TPSA) is 283 Å². The molecule has 2 bridgehead atoms. The summed E-state index contributed by atoms with van der Waals surface area (Å²) in [4.78, 5) is 61.9. The highest BCUT2D eigenvalue weighted by Gasteiger charge is 2.66. The molecule has 2 aromatic heterocycles. The highest BCUT2D eigenvalue weighted by molar-refractivity contribution is 6.32. The van der Waals surface area contributed by atoms with E-state index >= 15 is 4.79 Å². The quantitative estimate of drug-likeness (QED) is 0.0543. The maximum absolute atomic E-state index is 15.1. The van der Waals surface area contributed by atoms with Gasteiger partial charge in [0.25, 0.3) is 5.91 Å². The Morgan fingerprint density at radius 3 is 2.30 bits per heavy atom. The van der Waals surface area contributed by atoms with E-state index in [2.05, 4.69) is 21.4 Å². The lowest BCUT2D eigenvalue weighted by Gasteiger charge is -2.53. The van der Waals surface area contributed by atoms with Gasteiger partial charge in [0.1, 0.15) is 40.4 Å². The second-order valence-corrected chi connectivity index (χ2v) is 25.7. The molecule has 1 amide bonds. The van der Waals surface area contributed by atoms with Crippen molar-refractivity contribution in [3.8, 4) is 0 Å². The molecule has 1 spiro atoms. The van der Waals surface area contributed by atoms with Gasteiger partial charge in [0.15, 0.2) is 24.7 Å². The number of hydrogen-bond donors (Lipinski definition) is 8. The first-order valence-electron chi connectivity index (χ1n) is 28.9. The first-order valence-corrected chi connectivity index (χ1v) is 29.3. The van der Waals surface area contributed by atoms with Crippen LogP contribution in [0.1, 0.15) is 137 Å². The van der Waals surface area contributed by atoms with E-state index in [1.165, 1.54) is 0 Å². The molecule has 10 unspecified atom stereocenters. The van der Waals surface area contributed by atoms with Gasteiger partial charge >= 0.3 is 11.9 Å². The number of nitrogens with two attached hydrogens (primary N) is 1. The van der Waals surface area contributed by atoms with Gasteiger partial charge < -0.3 is 74.6 Å². The molecule has 21 atom stereocenters. The Morgan fingerprint density at radius 1 is 0.838 bits per heavy atom. The fourth-order valence-electron chi connectivity index (χ4n) is 15.6. The fourth-order valence-corrected chi connectivity index (χ4v) is 15.7. The Morgan fingerprint density at radius 2 is 1.57 bits per heavy atom. The number of aromatic nitrogens is 2. The SMILES string of the molecule is CCC1CC2(C)C=C(C(=O)O)C(C)CC23NC(=O)C(=C(O)C2(C)C(C=CC4C(O[C@H]5CC[C@@H](O[C@@H]6C[C@@](C)(O)[C@@H](O[C@@H]7C[C@H](OC(=O)c8cc9c([nH]8)[nH]c8ccc(Cl)cc89)[C@H](N)[C@H](C)O7)[C@H](C)O6)[C@@H](C)O5)CCCC42)CC1O)C3=O. The van der Waals surface area contributed by atoms with E-state index in [1.807, 2.05) is 39.0 Å². The third-order valence-corrected chi connectivity index (χ3v) is 20.3. The van der Waals surface area contributed by atoms with E-state index in [0.717, 1.165) is 22.7 Å². The van der Waals surface area contributed by atoms with Gasteiger partial charge in [-0.25, -0.2) is 9.59 Å². The standard InChI is InChI=1S/C60H79ClN4O15/c1-9-31-24-57(6)25-37(55(70)71)27(2)23-60(57)51(68)48(54(69)65-60)50(67)59(8)32(19-41(31)66)13-15-34-38(59)11-10-12-43(34)78-45-18-17-42(28(3)74-45)77-47-26-58(7,73)52(30(5)76-47)80-46-22-44(49(62)29(4)75-46)79-56(72)40-21-36-35-20-33(61)14-16-39(35)63-53(36)64-40/h13-16,20-21,25,27-32,34,38,41-47,49,52,63-64,66-67,73H,9-12,17-19,22-24,26,62H2,1-8H3,(H,65,69)(H,70,71)/t27?,28-,29+,30+,31?,32?,34?,38?,41?,42-,43?,44+,45+,46-,47-,49-,52+,57?,58-,59?,60?/m1/s1. The molecule has 11 rings (SSSR count). The Kier molecular flexibility index (Phi) is 15.1. The number of ketones is 1. The lowest BCUT2D eigenvalue weighted by molar-refractivity contribution is -0.339. The number of allylic oxidation sites excluding steroid dienone is 2. The first-order chi connectivity index (χ1) is 37.8. The smallest absolute Gasteiger partial charge is 0.355 e. The molecule has 1 aromatic carbocycles. The van der Waals surface area contributed by atoms with Gasteiger partial charge in [-0.3, -0.25) is 9.59 Å². The van der Waals surface area contributed by atoms with Crippen LogP contribution in [0.5, 0.6) is 0 Å². The highest BCUT2D eigenvalue weighted by atomic mass is 35.5. The van der Waals surface area contributed by atoms with Crippen LogP contribution < -0.4 is 11.1 Å². The van der Waals surface area contributed by atoms with Crippen molar-refractivity contribution in [2.75, 3.05) is 0 Å². The van der Waals surface area contributed by atoms with Crippen LogP contribution in [0.15, 0.2) is 59.4 Å². The summed E-state index contributed by atoms with van der Waals surface area (Å²) in [7, 11) is 0. The molecule has 6 heterocycles. The number of aliphatic carboxylic acids is 1. The molecular weight excluding hydrogens is 1050 g/mol. The second kappa shape index (κ2) is 21.2. The lowest BCUT2D eigenvalue weighted by Crippen LogP contribution is -2.61.